The summed E-state index contributed by atoms with van der Waals surface area (Å²) in [6, 6.07) is 13.2. The van der Waals surface area contributed by atoms with E-state index in [4.69, 9.17) is 0 Å². The highest BCUT2D eigenvalue weighted by Crippen LogP contribution is 2.34. The number of nitrogens with zero attached hydrogens (tertiary/aromatic N) is 3. The highest BCUT2D eigenvalue weighted by molar-refractivity contribution is 5.69. The summed E-state index contributed by atoms with van der Waals surface area (Å²) in [6.45, 7) is 4.70. The topological polar surface area (TPSA) is 51.9 Å². The molecule has 0 amide bonds. The van der Waals surface area contributed by atoms with Crippen molar-refractivity contribution in [3.8, 4) is 11.1 Å². The van der Waals surface area contributed by atoms with Crippen LogP contribution in [-0.2, 0) is 13.6 Å². The fraction of sp³-hybridized carbons (Fsp3) is 0.417. The van der Waals surface area contributed by atoms with E-state index >= 15 is 0 Å². The van der Waals surface area contributed by atoms with Gasteiger partial charge in [-0.1, -0.05) is 30.3 Å². The average molecular weight is 391 g/mol. The summed E-state index contributed by atoms with van der Waals surface area (Å²) in [5, 5.41) is 7.88. The van der Waals surface area contributed by atoms with Gasteiger partial charge in [-0.2, -0.15) is 5.10 Å². The van der Waals surface area contributed by atoms with Gasteiger partial charge >= 0.3 is 0 Å². The van der Waals surface area contributed by atoms with E-state index in [1.165, 1.54) is 5.56 Å². The molecule has 0 saturated heterocycles. The molecule has 29 heavy (non-hydrogen) atoms. The van der Waals surface area contributed by atoms with Crippen LogP contribution in [-0.4, -0.2) is 20.4 Å². The van der Waals surface area contributed by atoms with Crippen LogP contribution in [0.1, 0.15) is 49.8 Å². The molecule has 1 aliphatic rings. The second kappa shape index (κ2) is 8.27. The first-order chi connectivity index (χ1) is 14.1. The van der Waals surface area contributed by atoms with E-state index < -0.39 is 0 Å². The van der Waals surface area contributed by atoms with Crippen LogP contribution in [0.4, 0.5) is 5.69 Å². The van der Waals surface area contributed by atoms with Gasteiger partial charge in [0.05, 0.1) is 6.20 Å². The average Bonchev–Trinajstić information content (AvgIpc) is 3.17. The zero-order chi connectivity index (χ0) is 20.4. The minimum absolute atomic E-state index is 0.0721. The van der Waals surface area contributed by atoms with E-state index in [0.717, 1.165) is 42.5 Å². The number of rotatable bonds is 5. The van der Waals surface area contributed by atoms with Gasteiger partial charge in [0.25, 0.3) is 5.56 Å². The Labute approximate surface area is 172 Å². The van der Waals surface area contributed by atoms with Crippen molar-refractivity contribution in [3.63, 3.8) is 0 Å². The molecule has 0 radical (unpaired) electrons. The summed E-state index contributed by atoms with van der Waals surface area (Å²) in [4.78, 5) is 13.0. The van der Waals surface area contributed by atoms with Crippen molar-refractivity contribution < 1.29 is 0 Å². The fourth-order valence-electron chi connectivity index (χ4n) is 4.61. The van der Waals surface area contributed by atoms with Gasteiger partial charge in [0.1, 0.15) is 5.69 Å². The molecule has 2 aromatic heterocycles. The predicted molar refractivity (Wildman–Crippen MR) is 118 cm³/mol. The molecule has 1 aromatic carbocycles. The maximum absolute atomic E-state index is 13.0. The van der Waals surface area contributed by atoms with Crippen molar-refractivity contribution in [3.05, 3.63) is 70.4 Å². The molecule has 5 heteroatoms. The normalized spacial score (nSPS) is 19.3. The predicted octanol–water partition coefficient (Wildman–Crippen LogP) is 4.72. The maximum Gasteiger partial charge on any atom is 0.274 e. The van der Waals surface area contributed by atoms with Gasteiger partial charge in [-0.25, -0.2) is 0 Å². The fourth-order valence-corrected chi connectivity index (χ4v) is 4.61. The first kappa shape index (κ1) is 19.5. The number of hydrogen-bond acceptors (Lipinski definition) is 3. The molecule has 4 rings (SSSR count). The largest absolute Gasteiger partial charge is 0.378 e. The minimum atomic E-state index is 0.0721. The number of hydrogen-bond donors (Lipinski definition) is 1. The molecule has 0 bridgehead atoms. The summed E-state index contributed by atoms with van der Waals surface area (Å²) >= 11 is 0. The van der Waals surface area contributed by atoms with Gasteiger partial charge < -0.3 is 9.88 Å². The van der Waals surface area contributed by atoms with E-state index in [1.807, 2.05) is 43.9 Å². The lowest BCUT2D eigenvalue weighted by molar-refractivity contribution is 0.412. The van der Waals surface area contributed by atoms with Gasteiger partial charge in [0.15, 0.2) is 0 Å². The number of aryl methyl sites for hydroxylation is 1. The molecule has 1 fully saturated rings. The molecule has 0 aliphatic heterocycles. The molecule has 3 aromatic rings. The highest BCUT2D eigenvalue weighted by Gasteiger charge is 2.23. The second-order valence-corrected chi connectivity index (χ2v) is 8.11. The summed E-state index contributed by atoms with van der Waals surface area (Å²) in [5.41, 5.74) is 5.32. The standard InChI is InChI=1S/C24H30N4O/c1-4-28-17(2)22(20-15-25-27(3)16-20)14-23(24(28)29)26-21-12-10-19(11-13-21)18-8-6-5-7-9-18/h5-9,14-16,19,21,26H,4,10-13H2,1-3H3/t19-,21+. The lowest BCUT2D eigenvalue weighted by atomic mass is 9.82. The van der Waals surface area contributed by atoms with Gasteiger partial charge in [-0.15, -0.1) is 0 Å². The summed E-state index contributed by atoms with van der Waals surface area (Å²) in [7, 11) is 1.92. The molecule has 1 N–H and O–H groups in total. The van der Waals surface area contributed by atoms with Crippen LogP contribution in [0.25, 0.3) is 11.1 Å². The van der Waals surface area contributed by atoms with Gasteiger partial charge in [0.2, 0.25) is 0 Å². The lowest BCUT2D eigenvalue weighted by Gasteiger charge is -2.30. The first-order valence-corrected chi connectivity index (χ1v) is 10.6. The second-order valence-electron chi connectivity index (χ2n) is 8.11. The summed E-state index contributed by atoms with van der Waals surface area (Å²) < 4.78 is 3.66. The van der Waals surface area contributed by atoms with Crippen LogP contribution in [0.5, 0.6) is 0 Å². The van der Waals surface area contributed by atoms with Crippen LogP contribution in [0.3, 0.4) is 0 Å². The van der Waals surface area contributed by atoms with Gasteiger partial charge in [0, 0.05) is 42.7 Å². The molecule has 1 saturated carbocycles. The van der Waals surface area contributed by atoms with E-state index in [1.54, 1.807) is 4.68 Å². The quantitative estimate of drug-likeness (QED) is 0.686. The third-order valence-corrected chi connectivity index (χ3v) is 6.25. The Morgan fingerprint density at radius 3 is 2.48 bits per heavy atom. The summed E-state index contributed by atoms with van der Waals surface area (Å²) in [5.74, 6) is 0.630. The molecule has 0 atom stereocenters. The number of pyridine rings is 1. The molecule has 152 valence electrons. The molecule has 5 nitrogen and oxygen atoms in total. The van der Waals surface area contributed by atoms with Crippen LogP contribution in [0.2, 0.25) is 0 Å². The third-order valence-electron chi connectivity index (χ3n) is 6.25. The first-order valence-electron chi connectivity index (χ1n) is 10.6. The SMILES string of the molecule is CCn1c(C)c(-c2cnn(C)c2)cc(N[C@H]2CC[C@@H](c3ccccc3)CC2)c1=O. The van der Waals surface area contributed by atoms with Crippen molar-refractivity contribution in [1.82, 2.24) is 14.3 Å². The minimum Gasteiger partial charge on any atom is -0.378 e. The Morgan fingerprint density at radius 2 is 1.86 bits per heavy atom. The molecule has 2 heterocycles. The number of anilines is 1. The van der Waals surface area contributed by atoms with E-state index in [2.05, 4.69) is 40.7 Å². The number of aromatic nitrogens is 3. The number of benzene rings is 1. The van der Waals surface area contributed by atoms with Crippen LogP contribution in [0.15, 0.2) is 53.6 Å². The Bertz CT molecular complexity index is 1030. The zero-order valence-electron chi connectivity index (χ0n) is 17.6. The van der Waals surface area contributed by atoms with E-state index in [0.29, 0.717) is 24.2 Å². The molecular formula is C24H30N4O. The maximum atomic E-state index is 13.0. The van der Waals surface area contributed by atoms with Crippen LogP contribution >= 0.6 is 0 Å². The van der Waals surface area contributed by atoms with Crippen molar-refractivity contribution >= 4 is 5.69 Å². The zero-order valence-corrected chi connectivity index (χ0v) is 17.6. The van der Waals surface area contributed by atoms with Crippen LogP contribution in [0, 0.1) is 6.92 Å². The smallest absolute Gasteiger partial charge is 0.274 e. The third kappa shape index (κ3) is 4.00. The van der Waals surface area contributed by atoms with Gasteiger partial charge in [-0.05, 0) is 57.1 Å². The Hall–Kier alpha value is -2.82. The summed E-state index contributed by atoms with van der Waals surface area (Å²) in [6.07, 6.45) is 8.35. The van der Waals surface area contributed by atoms with Crippen molar-refractivity contribution in [2.75, 3.05) is 5.32 Å². The van der Waals surface area contributed by atoms with Crippen molar-refractivity contribution in [2.24, 2.45) is 7.05 Å². The molecule has 0 unspecified atom stereocenters. The molecular weight excluding hydrogens is 360 g/mol. The Morgan fingerprint density at radius 1 is 1.14 bits per heavy atom. The number of nitrogens with one attached hydrogen (secondary N) is 1. The lowest BCUT2D eigenvalue weighted by Crippen LogP contribution is -2.31. The van der Waals surface area contributed by atoms with Gasteiger partial charge in [-0.3, -0.25) is 9.48 Å². The Balaban J connectivity index is 1.55. The monoisotopic (exact) mass is 390 g/mol. The molecule has 0 spiro atoms. The van der Waals surface area contributed by atoms with Crippen LogP contribution < -0.4 is 10.9 Å². The van der Waals surface area contributed by atoms with Crippen molar-refractivity contribution in [1.29, 1.82) is 0 Å². The van der Waals surface area contributed by atoms with Crippen molar-refractivity contribution in [2.45, 2.75) is 58.0 Å². The molecule has 1 aliphatic carbocycles. The van der Waals surface area contributed by atoms with E-state index in [9.17, 15) is 4.79 Å². The van der Waals surface area contributed by atoms with E-state index in [-0.39, 0.29) is 5.56 Å². The Kier molecular flexibility index (Phi) is 5.56. The highest BCUT2D eigenvalue weighted by atomic mass is 16.1.